The highest BCUT2D eigenvalue weighted by Gasteiger charge is 2.12. The van der Waals surface area contributed by atoms with Crippen LogP contribution >= 0.6 is 0 Å². The summed E-state index contributed by atoms with van der Waals surface area (Å²) in [6.07, 6.45) is 0.378. The second kappa shape index (κ2) is 8.32. The highest BCUT2D eigenvalue weighted by molar-refractivity contribution is 6.06. The van der Waals surface area contributed by atoms with Gasteiger partial charge < -0.3 is 15.0 Å². The Kier molecular flexibility index (Phi) is 5.26. The van der Waals surface area contributed by atoms with E-state index in [4.69, 9.17) is 10.00 Å². The van der Waals surface area contributed by atoms with Crippen LogP contribution in [0, 0.1) is 11.3 Å². The Morgan fingerprint density at radius 2 is 1.76 bits per heavy atom. The Balaban J connectivity index is 1.46. The molecule has 5 nitrogen and oxygen atoms in total. The fourth-order valence-corrected chi connectivity index (χ4v) is 3.11. The summed E-state index contributed by atoms with van der Waals surface area (Å²) < 4.78 is 5.86. The van der Waals surface area contributed by atoms with Gasteiger partial charge in [-0.15, -0.1) is 0 Å². The second-order valence-corrected chi connectivity index (χ2v) is 6.65. The van der Waals surface area contributed by atoms with Gasteiger partial charge in [-0.25, -0.2) is 0 Å². The predicted molar refractivity (Wildman–Crippen MR) is 113 cm³/mol. The maximum Gasteiger partial charge on any atom is 0.272 e. The number of amides is 1. The van der Waals surface area contributed by atoms with E-state index in [1.165, 1.54) is 0 Å². The van der Waals surface area contributed by atoms with Crippen molar-refractivity contribution < 1.29 is 9.53 Å². The normalized spacial score (nSPS) is 10.4. The van der Waals surface area contributed by atoms with Gasteiger partial charge in [-0.2, -0.15) is 5.26 Å². The molecule has 29 heavy (non-hydrogen) atoms. The lowest BCUT2D eigenvalue weighted by Gasteiger charge is -2.12. The topological polar surface area (TPSA) is 77.9 Å². The maximum atomic E-state index is 12.7. The Morgan fingerprint density at radius 3 is 2.55 bits per heavy atom. The molecule has 5 heteroatoms. The molecule has 0 spiro atoms. The molecule has 0 atom stereocenters. The summed E-state index contributed by atoms with van der Waals surface area (Å²) in [5.74, 6) is 0.512. The molecular weight excluding hydrogens is 362 g/mol. The number of benzene rings is 3. The molecule has 4 aromatic rings. The number of para-hydroxylation sites is 2. The third kappa shape index (κ3) is 4.28. The molecule has 0 saturated heterocycles. The van der Waals surface area contributed by atoms with E-state index in [1.54, 1.807) is 0 Å². The van der Waals surface area contributed by atoms with Crippen molar-refractivity contribution in [2.24, 2.45) is 0 Å². The molecule has 1 aromatic heterocycles. The number of nitriles is 1. The van der Waals surface area contributed by atoms with Crippen LogP contribution in [0.3, 0.4) is 0 Å². The zero-order valence-electron chi connectivity index (χ0n) is 15.7. The molecular formula is C24H19N3O2. The Hall–Kier alpha value is -4.04. The molecule has 0 aliphatic rings. The number of anilines is 1. The Morgan fingerprint density at radius 1 is 1.00 bits per heavy atom. The number of aromatic nitrogens is 1. The van der Waals surface area contributed by atoms with Crippen molar-refractivity contribution in [2.45, 2.75) is 13.0 Å². The van der Waals surface area contributed by atoms with Crippen LogP contribution < -0.4 is 10.1 Å². The minimum Gasteiger partial charge on any atom is -0.489 e. The van der Waals surface area contributed by atoms with Gasteiger partial charge in [0, 0.05) is 22.2 Å². The van der Waals surface area contributed by atoms with Gasteiger partial charge >= 0.3 is 0 Å². The van der Waals surface area contributed by atoms with E-state index in [9.17, 15) is 4.79 Å². The standard InChI is InChI=1S/C24H19N3O2/c25-14-13-17-9-11-20(12-10-17)29-16-19-6-2-4-8-22(19)27-24(28)23-15-18-5-1-3-7-21(18)26-23/h1-12,15,26H,13,16H2,(H,27,28). The number of H-pyrrole nitrogens is 1. The number of rotatable bonds is 6. The van der Waals surface area contributed by atoms with Crippen LogP contribution in [0.15, 0.2) is 78.9 Å². The SMILES string of the molecule is N#CCc1ccc(OCc2ccccc2NC(=O)c2cc3ccccc3[nH]2)cc1. The first-order chi connectivity index (χ1) is 14.2. The fourth-order valence-electron chi connectivity index (χ4n) is 3.11. The smallest absolute Gasteiger partial charge is 0.272 e. The zero-order valence-corrected chi connectivity index (χ0v) is 15.7. The zero-order chi connectivity index (χ0) is 20.1. The van der Waals surface area contributed by atoms with E-state index in [-0.39, 0.29) is 5.91 Å². The van der Waals surface area contributed by atoms with Crippen molar-refractivity contribution in [2.75, 3.05) is 5.32 Å². The van der Waals surface area contributed by atoms with Gasteiger partial charge in [-0.3, -0.25) is 4.79 Å². The summed E-state index contributed by atoms with van der Waals surface area (Å²) in [4.78, 5) is 15.8. The molecule has 0 radical (unpaired) electrons. The van der Waals surface area contributed by atoms with Gasteiger partial charge in [0.2, 0.25) is 0 Å². The molecule has 0 aliphatic carbocycles. The molecule has 1 heterocycles. The third-order valence-corrected chi connectivity index (χ3v) is 4.64. The molecule has 0 saturated carbocycles. The minimum atomic E-state index is -0.200. The molecule has 3 aromatic carbocycles. The predicted octanol–water partition coefficient (Wildman–Crippen LogP) is 5.07. The number of ether oxygens (including phenoxy) is 1. The number of hydrogen-bond donors (Lipinski definition) is 2. The van der Waals surface area contributed by atoms with Crippen molar-refractivity contribution in [3.63, 3.8) is 0 Å². The molecule has 142 valence electrons. The number of carbonyl (C=O) groups is 1. The lowest BCUT2D eigenvalue weighted by Crippen LogP contribution is -2.14. The lowest BCUT2D eigenvalue weighted by atomic mass is 10.1. The van der Waals surface area contributed by atoms with Gasteiger partial charge in [0.15, 0.2) is 0 Å². The first-order valence-corrected chi connectivity index (χ1v) is 9.28. The molecule has 0 bridgehead atoms. The monoisotopic (exact) mass is 381 g/mol. The van der Waals surface area contributed by atoms with Gasteiger partial charge in [-0.1, -0.05) is 48.5 Å². The van der Waals surface area contributed by atoms with Crippen LogP contribution in [0.4, 0.5) is 5.69 Å². The van der Waals surface area contributed by atoms with Crippen LogP contribution in [0.1, 0.15) is 21.6 Å². The molecule has 0 fully saturated rings. The van der Waals surface area contributed by atoms with E-state index in [0.717, 1.165) is 22.0 Å². The number of nitrogens with one attached hydrogen (secondary N) is 2. The molecule has 4 rings (SSSR count). The number of fused-ring (bicyclic) bond motifs is 1. The first-order valence-electron chi connectivity index (χ1n) is 9.28. The van der Waals surface area contributed by atoms with Gasteiger partial charge in [0.05, 0.1) is 12.5 Å². The highest BCUT2D eigenvalue weighted by atomic mass is 16.5. The summed E-state index contributed by atoms with van der Waals surface area (Å²) in [5, 5.41) is 12.7. The lowest BCUT2D eigenvalue weighted by molar-refractivity contribution is 0.102. The van der Waals surface area contributed by atoms with Crippen LogP contribution in [-0.2, 0) is 13.0 Å². The quantitative estimate of drug-likeness (QED) is 0.490. The first kappa shape index (κ1) is 18.3. The van der Waals surface area contributed by atoms with Crippen molar-refractivity contribution >= 4 is 22.5 Å². The van der Waals surface area contributed by atoms with E-state index in [2.05, 4.69) is 16.4 Å². The van der Waals surface area contributed by atoms with Gasteiger partial charge in [0.25, 0.3) is 5.91 Å². The van der Waals surface area contributed by atoms with Crippen LogP contribution in [0.5, 0.6) is 5.75 Å². The average molecular weight is 381 g/mol. The van der Waals surface area contributed by atoms with Crippen LogP contribution in [0.25, 0.3) is 10.9 Å². The van der Waals surface area contributed by atoms with Crippen LogP contribution in [-0.4, -0.2) is 10.9 Å². The van der Waals surface area contributed by atoms with Crippen molar-refractivity contribution in [1.29, 1.82) is 5.26 Å². The molecule has 0 unspecified atom stereocenters. The maximum absolute atomic E-state index is 12.7. The van der Waals surface area contributed by atoms with Crippen molar-refractivity contribution in [3.05, 3.63) is 95.7 Å². The average Bonchev–Trinajstić information content (AvgIpc) is 3.19. The van der Waals surface area contributed by atoms with Crippen LogP contribution in [0.2, 0.25) is 0 Å². The number of nitrogens with zero attached hydrogens (tertiary/aromatic N) is 1. The van der Waals surface area contributed by atoms with Crippen molar-refractivity contribution in [1.82, 2.24) is 4.98 Å². The molecule has 2 N–H and O–H groups in total. The Bertz CT molecular complexity index is 1150. The summed E-state index contributed by atoms with van der Waals surface area (Å²) in [6.45, 7) is 0.320. The van der Waals surface area contributed by atoms with E-state index in [1.807, 2.05) is 78.9 Å². The Labute approximate surface area is 168 Å². The van der Waals surface area contributed by atoms with E-state index >= 15 is 0 Å². The van der Waals surface area contributed by atoms with E-state index < -0.39 is 0 Å². The van der Waals surface area contributed by atoms with Gasteiger partial charge in [0.1, 0.15) is 18.1 Å². The largest absolute Gasteiger partial charge is 0.489 e. The number of hydrogen-bond acceptors (Lipinski definition) is 3. The summed E-state index contributed by atoms with van der Waals surface area (Å²) >= 11 is 0. The fraction of sp³-hybridized carbons (Fsp3) is 0.0833. The minimum absolute atomic E-state index is 0.200. The molecule has 1 amide bonds. The summed E-state index contributed by atoms with van der Waals surface area (Å²) in [5.41, 5.74) is 3.96. The third-order valence-electron chi connectivity index (χ3n) is 4.64. The highest BCUT2D eigenvalue weighted by Crippen LogP contribution is 2.21. The summed E-state index contributed by atoms with van der Waals surface area (Å²) in [6, 6.07) is 26.8. The van der Waals surface area contributed by atoms with Crippen molar-refractivity contribution in [3.8, 4) is 11.8 Å². The summed E-state index contributed by atoms with van der Waals surface area (Å²) in [7, 11) is 0. The number of carbonyl (C=O) groups excluding carboxylic acids is 1. The second-order valence-electron chi connectivity index (χ2n) is 6.65. The van der Waals surface area contributed by atoms with Gasteiger partial charge in [-0.05, 0) is 35.9 Å². The molecule has 0 aliphatic heterocycles. The van der Waals surface area contributed by atoms with E-state index in [0.29, 0.717) is 30.2 Å². The number of aromatic amines is 1.